The molecular weight excluding hydrogens is 374 g/mol. The predicted molar refractivity (Wildman–Crippen MR) is 119 cm³/mol. The van der Waals surface area contributed by atoms with Crippen molar-refractivity contribution < 1.29 is 9.15 Å². The maximum atomic E-state index is 6.03. The minimum atomic E-state index is 0.477. The highest BCUT2D eigenvalue weighted by molar-refractivity contribution is 5.52. The number of benzene rings is 1. The first-order valence-electron chi connectivity index (χ1n) is 11.4. The molecule has 5 nitrogen and oxygen atoms in total. The second-order valence-electron chi connectivity index (χ2n) is 9.40. The lowest BCUT2D eigenvalue weighted by Crippen LogP contribution is -2.42. The summed E-state index contributed by atoms with van der Waals surface area (Å²) >= 11 is 0. The molecule has 3 atom stereocenters. The van der Waals surface area contributed by atoms with E-state index in [1.165, 1.54) is 17.6 Å². The Hall–Kier alpha value is -1.98. The van der Waals surface area contributed by atoms with Crippen LogP contribution in [0.1, 0.15) is 38.6 Å². The maximum absolute atomic E-state index is 6.03. The topological polar surface area (TPSA) is 51.4 Å². The van der Waals surface area contributed by atoms with E-state index in [-0.39, 0.29) is 0 Å². The maximum Gasteiger partial charge on any atom is 0.247 e. The largest absolute Gasteiger partial charge is 0.421 e. The van der Waals surface area contributed by atoms with Gasteiger partial charge in [0.2, 0.25) is 11.8 Å². The molecule has 1 saturated heterocycles. The van der Waals surface area contributed by atoms with Crippen molar-refractivity contribution in [1.82, 2.24) is 15.1 Å². The molecule has 0 N–H and O–H groups in total. The lowest BCUT2D eigenvalue weighted by molar-refractivity contribution is 0.0256. The average molecular weight is 410 g/mol. The molecule has 1 fully saturated rings. The molecule has 0 amide bonds. The van der Waals surface area contributed by atoms with Crippen molar-refractivity contribution >= 4 is 0 Å². The van der Waals surface area contributed by atoms with Gasteiger partial charge in [-0.05, 0) is 56.1 Å². The second kappa shape index (κ2) is 9.44. The molecule has 1 aromatic heterocycles. The summed E-state index contributed by atoms with van der Waals surface area (Å²) in [5.41, 5.74) is 3.69. The molecule has 4 rings (SSSR count). The van der Waals surface area contributed by atoms with Crippen LogP contribution in [0.25, 0.3) is 11.5 Å². The molecule has 5 heteroatoms. The van der Waals surface area contributed by atoms with Crippen LogP contribution >= 0.6 is 0 Å². The zero-order chi connectivity index (χ0) is 21.1. The van der Waals surface area contributed by atoms with Crippen LogP contribution < -0.4 is 0 Å². The lowest BCUT2D eigenvalue weighted by atomic mass is 9.69. The van der Waals surface area contributed by atoms with E-state index >= 15 is 0 Å². The van der Waals surface area contributed by atoms with E-state index in [1.54, 1.807) is 0 Å². The number of ether oxygens (including phenoxy) is 1. The highest BCUT2D eigenvalue weighted by Gasteiger charge is 2.33. The summed E-state index contributed by atoms with van der Waals surface area (Å²) in [6, 6.07) is 8.25. The molecule has 2 heterocycles. The SMILES string of the molecule is CC1=CC(CN2CCOCC2)C(C(C)C)CC1Cc1nnc(-c2ccc(C)cc2)o1. The molecule has 0 bridgehead atoms. The Morgan fingerprint density at radius 2 is 1.80 bits per heavy atom. The summed E-state index contributed by atoms with van der Waals surface area (Å²) in [6.07, 6.45) is 4.55. The summed E-state index contributed by atoms with van der Waals surface area (Å²) in [5, 5.41) is 8.66. The number of morpholine rings is 1. The van der Waals surface area contributed by atoms with E-state index in [0.717, 1.165) is 50.7 Å². The predicted octanol–water partition coefficient (Wildman–Crippen LogP) is 4.77. The van der Waals surface area contributed by atoms with Crippen LogP contribution in [0.5, 0.6) is 0 Å². The smallest absolute Gasteiger partial charge is 0.247 e. The standard InChI is InChI=1S/C25H35N3O2/c1-17(2)23-14-21(19(4)13-22(23)16-28-9-11-29-12-10-28)15-24-26-27-25(30-24)20-7-5-18(3)6-8-20/h5-8,13,17,21-23H,9-12,14-16H2,1-4H3. The molecule has 1 aliphatic carbocycles. The van der Waals surface area contributed by atoms with Crippen LogP contribution in [0.4, 0.5) is 0 Å². The van der Waals surface area contributed by atoms with Gasteiger partial charge in [0.25, 0.3) is 0 Å². The van der Waals surface area contributed by atoms with Crippen molar-refractivity contribution in [2.75, 3.05) is 32.8 Å². The van der Waals surface area contributed by atoms with Crippen molar-refractivity contribution in [3.63, 3.8) is 0 Å². The van der Waals surface area contributed by atoms with Crippen LogP contribution in [-0.2, 0) is 11.2 Å². The van der Waals surface area contributed by atoms with Crippen LogP contribution in [0.3, 0.4) is 0 Å². The van der Waals surface area contributed by atoms with Gasteiger partial charge >= 0.3 is 0 Å². The third-order valence-corrected chi connectivity index (χ3v) is 6.84. The van der Waals surface area contributed by atoms with Gasteiger partial charge in [-0.15, -0.1) is 10.2 Å². The molecule has 2 aromatic rings. The zero-order valence-electron chi connectivity index (χ0n) is 18.8. The normalized spacial score (nSPS) is 25.5. The quantitative estimate of drug-likeness (QED) is 0.643. The third kappa shape index (κ3) is 5.01. The van der Waals surface area contributed by atoms with Gasteiger partial charge in [0.15, 0.2) is 0 Å². The first-order chi connectivity index (χ1) is 14.5. The number of rotatable bonds is 6. The Bertz CT molecular complexity index is 850. The van der Waals surface area contributed by atoms with Gasteiger partial charge < -0.3 is 9.15 Å². The van der Waals surface area contributed by atoms with Gasteiger partial charge in [-0.2, -0.15) is 0 Å². The van der Waals surface area contributed by atoms with E-state index in [2.05, 4.69) is 61.0 Å². The fourth-order valence-electron chi connectivity index (χ4n) is 4.93. The summed E-state index contributed by atoms with van der Waals surface area (Å²) in [7, 11) is 0. The summed E-state index contributed by atoms with van der Waals surface area (Å²) in [6.45, 7) is 14.1. The number of nitrogens with zero attached hydrogens (tertiary/aromatic N) is 3. The fourth-order valence-corrected chi connectivity index (χ4v) is 4.93. The first-order valence-corrected chi connectivity index (χ1v) is 11.4. The Kier molecular flexibility index (Phi) is 6.69. The van der Waals surface area contributed by atoms with Crippen LogP contribution in [-0.4, -0.2) is 47.9 Å². The first kappa shape index (κ1) is 21.3. The molecule has 2 aliphatic rings. The van der Waals surface area contributed by atoms with Crippen molar-refractivity contribution in [1.29, 1.82) is 0 Å². The second-order valence-corrected chi connectivity index (χ2v) is 9.40. The van der Waals surface area contributed by atoms with Gasteiger partial charge in [0, 0.05) is 31.6 Å². The molecule has 0 spiro atoms. The van der Waals surface area contributed by atoms with Gasteiger partial charge in [-0.1, -0.05) is 43.2 Å². The number of aromatic nitrogens is 2. The van der Waals surface area contributed by atoms with Crippen LogP contribution in [0.2, 0.25) is 0 Å². The molecule has 0 radical (unpaired) electrons. The van der Waals surface area contributed by atoms with Crippen molar-refractivity contribution in [2.45, 2.75) is 40.5 Å². The van der Waals surface area contributed by atoms with E-state index in [0.29, 0.717) is 29.6 Å². The number of aryl methyl sites for hydroxylation is 1. The number of hydrogen-bond donors (Lipinski definition) is 0. The summed E-state index contributed by atoms with van der Waals surface area (Å²) in [4.78, 5) is 2.57. The zero-order valence-corrected chi connectivity index (χ0v) is 18.8. The Balaban J connectivity index is 1.45. The van der Waals surface area contributed by atoms with Crippen molar-refractivity contribution in [3.8, 4) is 11.5 Å². The van der Waals surface area contributed by atoms with Crippen LogP contribution in [0.15, 0.2) is 40.3 Å². The van der Waals surface area contributed by atoms with E-state index < -0.39 is 0 Å². The number of hydrogen-bond acceptors (Lipinski definition) is 5. The molecule has 30 heavy (non-hydrogen) atoms. The Morgan fingerprint density at radius 3 is 2.50 bits per heavy atom. The fraction of sp³-hybridized carbons (Fsp3) is 0.600. The average Bonchev–Trinajstić information content (AvgIpc) is 3.19. The molecule has 0 saturated carbocycles. The number of allylic oxidation sites excluding steroid dienone is 1. The Morgan fingerprint density at radius 1 is 1.07 bits per heavy atom. The minimum absolute atomic E-state index is 0.477. The molecule has 162 valence electrons. The molecule has 1 aliphatic heterocycles. The van der Waals surface area contributed by atoms with Gasteiger partial charge in [0.05, 0.1) is 13.2 Å². The summed E-state index contributed by atoms with van der Waals surface area (Å²) < 4.78 is 11.6. The third-order valence-electron chi connectivity index (χ3n) is 6.84. The van der Waals surface area contributed by atoms with Crippen molar-refractivity contribution in [2.24, 2.45) is 23.7 Å². The van der Waals surface area contributed by atoms with E-state index in [9.17, 15) is 0 Å². The van der Waals surface area contributed by atoms with Gasteiger partial charge in [0.1, 0.15) is 0 Å². The van der Waals surface area contributed by atoms with E-state index in [4.69, 9.17) is 9.15 Å². The highest BCUT2D eigenvalue weighted by Crippen LogP contribution is 2.39. The van der Waals surface area contributed by atoms with Crippen molar-refractivity contribution in [3.05, 3.63) is 47.4 Å². The highest BCUT2D eigenvalue weighted by atomic mass is 16.5. The summed E-state index contributed by atoms with van der Waals surface area (Å²) in [5.74, 6) is 3.80. The van der Waals surface area contributed by atoms with E-state index in [1.807, 2.05) is 12.1 Å². The van der Waals surface area contributed by atoms with Crippen LogP contribution in [0, 0.1) is 30.6 Å². The minimum Gasteiger partial charge on any atom is -0.421 e. The molecular formula is C25H35N3O2. The molecule has 3 unspecified atom stereocenters. The van der Waals surface area contributed by atoms with Gasteiger partial charge in [-0.3, -0.25) is 4.90 Å². The van der Waals surface area contributed by atoms with Gasteiger partial charge in [-0.25, -0.2) is 0 Å². The Labute approximate surface area is 180 Å². The lowest BCUT2D eigenvalue weighted by Gasteiger charge is -2.40. The molecule has 1 aromatic carbocycles. The monoisotopic (exact) mass is 409 g/mol.